The Kier molecular flexibility index (Phi) is 16.1. The minimum absolute atomic E-state index is 0.0473. The molecule has 3 unspecified atom stereocenters. The molecule has 0 spiro atoms. The predicted molar refractivity (Wildman–Crippen MR) is 162 cm³/mol. The fourth-order valence-corrected chi connectivity index (χ4v) is 5.06. The smallest absolute Gasteiger partial charge is 0.305 e. The highest BCUT2D eigenvalue weighted by molar-refractivity contribution is 7.98. The average molecular weight is 567 g/mol. The molecule has 3 atom stereocenters. The molecule has 0 saturated heterocycles. The van der Waals surface area contributed by atoms with Crippen molar-refractivity contribution in [1.82, 2.24) is 10.6 Å². The Morgan fingerprint density at radius 2 is 1.60 bits per heavy atom. The van der Waals surface area contributed by atoms with Crippen molar-refractivity contribution in [1.29, 1.82) is 0 Å². The summed E-state index contributed by atoms with van der Waals surface area (Å²) in [6.07, 6.45) is 5.81. The van der Waals surface area contributed by atoms with Crippen molar-refractivity contribution in [3.8, 4) is 0 Å². The van der Waals surface area contributed by atoms with Crippen LogP contribution in [-0.2, 0) is 31.3 Å². The number of esters is 1. The van der Waals surface area contributed by atoms with Gasteiger partial charge in [0.1, 0.15) is 6.61 Å². The van der Waals surface area contributed by atoms with Crippen LogP contribution in [0.2, 0.25) is 0 Å². The number of carbonyl (C=O) groups excluding carboxylic acids is 3. The monoisotopic (exact) mass is 566 g/mol. The minimum atomic E-state index is -0.640. The Labute approximate surface area is 242 Å². The average Bonchev–Trinajstić information content (AvgIpc) is 2.96. The number of carbonyl (C=O) groups is 3. The molecule has 0 aliphatic carbocycles. The number of benzene rings is 2. The predicted octanol–water partition coefficient (Wildman–Crippen LogP) is 4.61. The van der Waals surface area contributed by atoms with Crippen LogP contribution < -0.4 is 10.6 Å². The summed E-state index contributed by atoms with van der Waals surface area (Å²) >= 11 is 1.63. The minimum Gasteiger partial charge on any atom is -0.463 e. The molecule has 2 amide bonds. The largest absolute Gasteiger partial charge is 0.463 e. The molecule has 8 heteroatoms. The molecule has 0 fully saturated rings. The highest BCUT2D eigenvalue weighted by atomic mass is 32.2. The van der Waals surface area contributed by atoms with E-state index in [1.54, 1.807) is 23.9 Å². The van der Waals surface area contributed by atoms with Gasteiger partial charge in [0, 0.05) is 24.3 Å². The van der Waals surface area contributed by atoms with E-state index in [4.69, 9.17) is 4.74 Å². The van der Waals surface area contributed by atoms with Gasteiger partial charge in [0.15, 0.2) is 0 Å². The first-order valence-corrected chi connectivity index (χ1v) is 14.8. The molecule has 0 saturated carbocycles. The van der Waals surface area contributed by atoms with Crippen molar-refractivity contribution in [2.45, 2.75) is 56.4 Å². The standard InChI is InChI=1S/C32H42N2O5S/c1-3-5-8-18-31(37)39-22-29(24-40-23-26-16-11-7-12-17-26)34-32(38)27(13-4-2)20-30(36)33-28(21-35)19-25-14-9-6-10-15-25/h3-4,6-7,9-12,14-17,27-29,35H,1-2,5,8,13,18-24H2,(H,33,36)(H,34,38). The van der Waals surface area contributed by atoms with E-state index in [1.165, 1.54) is 0 Å². The molecule has 0 bridgehead atoms. The van der Waals surface area contributed by atoms with Crippen LogP contribution in [0.25, 0.3) is 0 Å². The summed E-state index contributed by atoms with van der Waals surface area (Å²) in [7, 11) is 0. The Balaban J connectivity index is 1.97. The van der Waals surface area contributed by atoms with Gasteiger partial charge < -0.3 is 20.5 Å². The topological polar surface area (TPSA) is 105 Å². The summed E-state index contributed by atoms with van der Waals surface area (Å²) in [5.74, 6) is -0.282. The van der Waals surface area contributed by atoms with Crippen LogP contribution in [0.15, 0.2) is 86.0 Å². The number of nitrogens with one attached hydrogen (secondary N) is 2. The molecular weight excluding hydrogens is 524 g/mol. The lowest BCUT2D eigenvalue weighted by molar-refractivity contribution is -0.145. The van der Waals surface area contributed by atoms with Gasteiger partial charge in [-0.1, -0.05) is 72.8 Å². The van der Waals surface area contributed by atoms with Crippen LogP contribution in [0.1, 0.15) is 43.2 Å². The number of rotatable bonds is 20. The molecule has 2 rings (SSSR count). The maximum Gasteiger partial charge on any atom is 0.305 e. The van der Waals surface area contributed by atoms with Crippen LogP contribution in [0.3, 0.4) is 0 Å². The van der Waals surface area contributed by atoms with Gasteiger partial charge in [0.25, 0.3) is 0 Å². The summed E-state index contributed by atoms with van der Waals surface area (Å²) in [5, 5.41) is 15.6. The Morgan fingerprint density at radius 1 is 0.925 bits per heavy atom. The van der Waals surface area contributed by atoms with E-state index in [0.29, 0.717) is 25.0 Å². The van der Waals surface area contributed by atoms with Crippen molar-refractivity contribution in [2.75, 3.05) is 19.0 Å². The van der Waals surface area contributed by atoms with Gasteiger partial charge in [-0.05, 0) is 36.8 Å². The number of aliphatic hydroxyl groups excluding tert-OH is 1. The molecule has 0 aromatic heterocycles. The zero-order chi connectivity index (χ0) is 29.0. The first kappa shape index (κ1) is 32.8. The Hall–Kier alpha value is -3.36. The van der Waals surface area contributed by atoms with Crippen molar-refractivity contribution < 1.29 is 24.2 Å². The molecule has 0 aliphatic heterocycles. The first-order valence-electron chi connectivity index (χ1n) is 13.7. The number of allylic oxidation sites excluding steroid dienone is 2. The van der Waals surface area contributed by atoms with E-state index >= 15 is 0 Å². The molecule has 7 nitrogen and oxygen atoms in total. The van der Waals surface area contributed by atoms with Crippen molar-refractivity contribution >= 4 is 29.5 Å². The second-order valence-corrected chi connectivity index (χ2v) is 10.7. The van der Waals surface area contributed by atoms with Crippen molar-refractivity contribution in [3.05, 3.63) is 97.1 Å². The van der Waals surface area contributed by atoms with Gasteiger partial charge >= 0.3 is 5.97 Å². The van der Waals surface area contributed by atoms with Crippen molar-refractivity contribution in [2.24, 2.45) is 5.92 Å². The number of unbranched alkanes of at least 4 members (excludes halogenated alkanes) is 1. The van der Waals surface area contributed by atoms with Gasteiger partial charge in [-0.2, -0.15) is 11.8 Å². The fourth-order valence-electron chi connectivity index (χ4n) is 4.05. The highest BCUT2D eigenvalue weighted by Crippen LogP contribution is 2.16. The zero-order valence-electron chi connectivity index (χ0n) is 23.1. The molecular formula is C32H42N2O5S. The maximum atomic E-state index is 13.3. The lowest BCUT2D eigenvalue weighted by Crippen LogP contribution is -2.45. The lowest BCUT2D eigenvalue weighted by atomic mass is 9.98. The molecule has 3 N–H and O–H groups in total. The van der Waals surface area contributed by atoms with Gasteiger partial charge in [-0.15, -0.1) is 13.2 Å². The Morgan fingerprint density at radius 3 is 2.23 bits per heavy atom. The molecule has 0 aliphatic rings. The van der Waals surface area contributed by atoms with E-state index in [1.807, 2.05) is 60.7 Å². The van der Waals surface area contributed by atoms with E-state index in [2.05, 4.69) is 23.8 Å². The van der Waals surface area contributed by atoms with Gasteiger partial charge in [0.2, 0.25) is 11.8 Å². The molecule has 2 aromatic carbocycles. The summed E-state index contributed by atoms with van der Waals surface area (Å²) in [4.78, 5) is 38.3. The van der Waals surface area contributed by atoms with Crippen LogP contribution in [0.5, 0.6) is 0 Å². The van der Waals surface area contributed by atoms with Crippen LogP contribution in [0.4, 0.5) is 0 Å². The summed E-state index contributed by atoms with van der Waals surface area (Å²) in [6.45, 7) is 7.25. The molecule has 0 heterocycles. The third-order valence-electron chi connectivity index (χ3n) is 6.18. The fraction of sp³-hybridized carbons (Fsp3) is 0.406. The summed E-state index contributed by atoms with van der Waals surface area (Å²) in [6, 6.07) is 18.7. The molecule has 2 aromatic rings. The van der Waals surface area contributed by atoms with E-state index in [-0.39, 0.29) is 43.8 Å². The SMILES string of the molecule is C=CCCCC(=O)OCC(CSCc1ccccc1)NC(=O)C(CC=C)CC(=O)NC(CO)Cc1ccccc1. The first-order chi connectivity index (χ1) is 19.4. The number of hydrogen-bond donors (Lipinski definition) is 3. The lowest BCUT2D eigenvalue weighted by Gasteiger charge is -2.23. The Bertz CT molecular complexity index is 1050. The maximum absolute atomic E-state index is 13.3. The highest BCUT2D eigenvalue weighted by Gasteiger charge is 2.25. The van der Waals surface area contributed by atoms with Crippen LogP contribution in [0, 0.1) is 5.92 Å². The third-order valence-corrected chi connectivity index (χ3v) is 7.35. The third kappa shape index (κ3) is 13.6. The molecule has 0 radical (unpaired) electrons. The number of hydrogen-bond acceptors (Lipinski definition) is 6. The normalized spacial score (nSPS) is 12.9. The quantitative estimate of drug-likeness (QED) is 0.123. The second kappa shape index (κ2) is 19.7. The van der Waals surface area contributed by atoms with Crippen molar-refractivity contribution in [3.63, 3.8) is 0 Å². The zero-order valence-corrected chi connectivity index (χ0v) is 24.0. The van der Waals surface area contributed by atoms with Crippen LogP contribution >= 0.6 is 11.8 Å². The van der Waals surface area contributed by atoms with Gasteiger partial charge in [-0.25, -0.2) is 0 Å². The number of amides is 2. The van der Waals surface area contributed by atoms with E-state index in [9.17, 15) is 19.5 Å². The number of thioether (sulfide) groups is 1. The number of ether oxygens (including phenoxy) is 1. The van der Waals surface area contributed by atoms with E-state index in [0.717, 1.165) is 23.3 Å². The van der Waals surface area contributed by atoms with Crippen LogP contribution in [-0.4, -0.2) is 53.9 Å². The van der Waals surface area contributed by atoms with Gasteiger partial charge in [0.05, 0.1) is 24.6 Å². The van der Waals surface area contributed by atoms with E-state index < -0.39 is 18.0 Å². The molecule has 216 valence electrons. The van der Waals surface area contributed by atoms with Gasteiger partial charge in [-0.3, -0.25) is 14.4 Å². The summed E-state index contributed by atoms with van der Waals surface area (Å²) in [5.41, 5.74) is 2.16. The number of aliphatic hydroxyl groups is 1. The summed E-state index contributed by atoms with van der Waals surface area (Å²) < 4.78 is 5.47. The molecule has 40 heavy (non-hydrogen) atoms. The second-order valence-electron chi connectivity index (χ2n) is 9.63.